The van der Waals surface area contributed by atoms with Crippen molar-refractivity contribution in [2.45, 2.75) is 32.9 Å². The third-order valence-electron chi connectivity index (χ3n) is 2.53. The van der Waals surface area contributed by atoms with Gasteiger partial charge in [0.1, 0.15) is 11.8 Å². The fourth-order valence-corrected chi connectivity index (χ4v) is 1.65. The van der Waals surface area contributed by atoms with Crippen LogP contribution in [0.5, 0.6) is 5.75 Å². The summed E-state index contributed by atoms with van der Waals surface area (Å²) in [6.45, 7) is 5.30. The molecule has 0 spiro atoms. The normalized spacial score (nSPS) is 10.1. The fourth-order valence-electron chi connectivity index (χ4n) is 1.65. The second kappa shape index (κ2) is 8.94. The van der Waals surface area contributed by atoms with E-state index < -0.39 is 0 Å². The van der Waals surface area contributed by atoms with Gasteiger partial charge in [-0.3, -0.25) is 4.79 Å². The molecule has 1 rings (SSSR count). The van der Waals surface area contributed by atoms with Crippen molar-refractivity contribution in [1.29, 1.82) is 5.26 Å². The van der Waals surface area contributed by atoms with Crippen molar-refractivity contribution in [2.75, 3.05) is 13.2 Å². The monoisotopic (exact) mass is 275 g/mol. The number of nitrogens with zero attached hydrogens (tertiary/aromatic N) is 1. The van der Waals surface area contributed by atoms with E-state index in [1.54, 1.807) is 0 Å². The van der Waals surface area contributed by atoms with Crippen molar-refractivity contribution in [1.82, 2.24) is 10.6 Å². The number of nitrogens with one attached hydrogen (secondary N) is 2. The van der Waals surface area contributed by atoms with Gasteiger partial charge in [0.2, 0.25) is 5.91 Å². The number of carbonyl (C=O) groups excluding carboxylic acids is 1. The minimum absolute atomic E-state index is 0.0581. The summed E-state index contributed by atoms with van der Waals surface area (Å²) in [5.41, 5.74) is 1.11. The minimum Gasteiger partial charge on any atom is -0.479 e. The summed E-state index contributed by atoms with van der Waals surface area (Å²) in [5, 5.41) is 14.5. The zero-order chi connectivity index (χ0) is 14.8. The molecule has 0 aliphatic heterocycles. The van der Waals surface area contributed by atoms with Crippen LogP contribution in [0.15, 0.2) is 24.3 Å². The van der Waals surface area contributed by atoms with E-state index in [0.29, 0.717) is 25.3 Å². The molecular formula is C15H21N3O2. The van der Waals surface area contributed by atoms with Crippen LogP contribution in [-0.2, 0) is 11.3 Å². The summed E-state index contributed by atoms with van der Waals surface area (Å²) >= 11 is 0. The van der Waals surface area contributed by atoms with E-state index in [9.17, 15) is 4.79 Å². The second-order valence-electron chi connectivity index (χ2n) is 4.74. The molecule has 0 atom stereocenters. The zero-order valence-corrected chi connectivity index (χ0v) is 12.0. The quantitative estimate of drug-likeness (QED) is 0.707. The van der Waals surface area contributed by atoms with Crippen molar-refractivity contribution in [3.8, 4) is 11.8 Å². The molecule has 0 aromatic heterocycles. The summed E-state index contributed by atoms with van der Waals surface area (Å²) in [7, 11) is 0. The molecule has 5 heteroatoms. The Bertz CT molecular complexity index is 449. The van der Waals surface area contributed by atoms with Gasteiger partial charge in [0.15, 0.2) is 6.61 Å². The van der Waals surface area contributed by atoms with Crippen LogP contribution in [0.2, 0.25) is 0 Å². The lowest BCUT2D eigenvalue weighted by atomic mass is 10.2. The van der Waals surface area contributed by atoms with Gasteiger partial charge in [0, 0.05) is 25.6 Å². The Labute approximate surface area is 119 Å². The highest BCUT2D eigenvalue weighted by molar-refractivity contribution is 5.76. The van der Waals surface area contributed by atoms with Crippen LogP contribution in [0.1, 0.15) is 25.8 Å². The van der Waals surface area contributed by atoms with Crippen LogP contribution in [-0.4, -0.2) is 25.1 Å². The number of ether oxygens (including phenoxy) is 1. The van der Waals surface area contributed by atoms with Gasteiger partial charge in [-0.2, -0.15) is 5.26 Å². The first-order valence-electron chi connectivity index (χ1n) is 6.70. The molecule has 0 unspecified atom stereocenters. The largest absolute Gasteiger partial charge is 0.479 e. The first-order chi connectivity index (χ1) is 9.61. The molecule has 0 bridgehead atoms. The lowest BCUT2D eigenvalue weighted by Gasteiger charge is -2.09. The average molecular weight is 275 g/mol. The number of hydrogen-bond donors (Lipinski definition) is 2. The minimum atomic E-state index is 0.0581. The summed E-state index contributed by atoms with van der Waals surface area (Å²) in [6, 6.07) is 9.65. The van der Waals surface area contributed by atoms with Crippen LogP contribution in [0.3, 0.4) is 0 Å². The molecule has 0 radical (unpaired) electrons. The lowest BCUT2D eigenvalue weighted by Crippen LogP contribution is -2.32. The third kappa shape index (κ3) is 6.76. The molecule has 1 aromatic carbocycles. The van der Waals surface area contributed by atoms with Gasteiger partial charge in [-0.15, -0.1) is 0 Å². The molecule has 0 aliphatic rings. The number of hydrogen-bond acceptors (Lipinski definition) is 4. The number of amides is 1. The topological polar surface area (TPSA) is 74.2 Å². The molecule has 108 valence electrons. The molecule has 0 aliphatic carbocycles. The lowest BCUT2D eigenvalue weighted by molar-refractivity contribution is -0.121. The Morgan fingerprint density at radius 2 is 2.05 bits per heavy atom. The standard InChI is InChI=1S/C15H21N3O2/c1-12(2)18-15(19)7-9-17-11-13-3-5-14(6-4-13)20-10-8-16/h3-6,12,17H,7,9-11H2,1-2H3,(H,18,19). The number of nitriles is 1. The van der Waals surface area contributed by atoms with Crippen LogP contribution >= 0.6 is 0 Å². The Kier molecular flexibility index (Phi) is 7.15. The van der Waals surface area contributed by atoms with E-state index in [0.717, 1.165) is 5.56 Å². The Balaban J connectivity index is 2.22. The molecule has 1 amide bonds. The molecule has 2 N–H and O–H groups in total. The van der Waals surface area contributed by atoms with E-state index in [1.807, 2.05) is 44.2 Å². The molecule has 20 heavy (non-hydrogen) atoms. The van der Waals surface area contributed by atoms with E-state index in [2.05, 4.69) is 10.6 Å². The molecule has 0 saturated carbocycles. The number of rotatable bonds is 8. The van der Waals surface area contributed by atoms with Gasteiger partial charge in [-0.1, -0.05) is 12.1 Å². The zero-order valence-electron chi connectivity index (χ0n) is 12.0. The summed E-state index contributed by atoms with van der Waals surface area (Å²) in [4.78, 5) is 11.4. The Morgan fingerprint density at radius 1 is 1.35 bits per heavy atom. The van der Waals surface area contributed by atoms with Gasteiger partial charge in [-0.25, -0.2) is 0 Å². The first-order valence-corrected chi connectivity index (χ1v) is 6.70. The summed E-state index contributed by atoms with van der Waals surface area (Å²) < 4.78 is 5.17. The van der Waals surface area contributed by atoms with E-state index in [1.165, 1.54) is 0 Å². The van der Waals surface area contributed by atoms with Crippen molar-refractivity contribution in [2.24, 2.45) is 0 Å². The second-order valence-corrected chi connectivity index (χ2v) is 4.74. The molecule has 1 aromatic rings. The third-order valence-corrected chi connectivity index (χ3v) is 2.53. The Morgan fingerprint density at radius 3 is 2.65 bits per heavy atom. The van der Waals surface area contributed by atoms with Crippen molar-refractivity contribution < 1.29 is 9.53 Å². The molecule has 0 heterocycles. The maximum atomic E-state index is 11.4. The molecule has 0 saturated heterocycles. The van der Waals surface area contributed by atoms with Gasteiger partial charge in [-0.05, 0) is 31.5 Å². The average Bonchev–Trinajstić information content (AvgIpc) is 2.42. The van der Waals surface area contributed by atoms with Crippen LogP contribution in [0, 0.1) is 11.3 Å². The van der Waals surface area contributed by atoms with Gasteiger partial charge in [0.25, 0.3) is 0 Å². The van der Waals surface area contributed by atoms with Crippen LogP contribution < -0.4 is 15.4 Å². The van der Waals surface area contributed by atoms with Crippen LogP contribution in [0.4, 0.5) is 0 Å². The van der Waals surface area contributed by atoms with Crippen molar-refractivity contribution >= 4 is 5.91 Å². The fraction of sp³-hybridized carbons (Fsp3) is 0.467. The summed E-state index contributed by atoms with van der Waals surface area (Å²) in [5.74, 6) is 0.749. The van der Waals surface area contributed by atoms with E-state index in [-0.39, 0.29) is 18.6 Å². The summed E-state index contributed by atoms with van der Waals surface area (Å²) in [6.07, 6.45) is 0.474. The van der Waals surface area contributed by atoms with E-state index in [4.69, 9.17) is 10.00 Å². The predicted molar refractivity (Wildman–Crippen MR) is 77.2 cm³/mol. The smallest absolute Gasteiger partial charge is 0.221 e. The SMILES string of the molecule is CC(C)NC(=O)CCNCc1ccc(OCC#N)cc1. The first kappa shape index (κ1) is 16.0. The molecule has 0 fully saturated rings. The number of benzene rings is 1. The predicted octanol–water partition coefficient (Wildman–Crippen LogP) is 1.59. The van der Waals surface area contributed by atoms with Gasteiger partial charge in [0.05, 0.1) is 0 Å². The highest BCUT2D eigenvalue weighted by Crippen LogP contribution is 2.11. The van der Waals surface area contributed by atoms with Gasteiger partial charge >= 0.3 is 0 Å². The highest BCUT2D eigenvalue weighted by atomic mass is 16.5. The maximum Gasteiger partial charge on any atom is 0.221 e. The molecular weight excluding hydrogens is 254 g/mol. The van der Waals surface area contributed by atoms with E-state index >= 15 is 0 Å². The number of carbonyl (C=O) groups is 1. The molecule has 5 nitrogen and oxygen atoms in total. The van der Waals surface area contributed by atoms with Gasteiger partial charge < -0.3 is 15.4 Å². The Hall–Kier alpha value is -2.06. The van der Waals surface area contributed by atoms with Crippen molar-refractivity contribution in [3.63, 3.8) is 0 Å². The maximum absolute atomic E-state index is 11.4. The van der Waals surface area contributed by atoms with Crippen LogP contribution in [0.25, 0.3) is 0 Å². The van der Waals surface area contributed by atoms with Crippen molar-refractivity contribution in [3.05, 3.63) is 29.8 Å². The highest BCUT2D eigenvalue weighted by Gasteiger charge is 2.02.